The second kappa shape index (κ2) is 44.9. The van der Waals surface area contributed by atoms with E-state index in [9.17, 15) is 9.90 Å². The first-order valence-electron chi connectivity index (χ1n) is 24.9. The van der Waals surface area contributed by atoms with Crippen molar-refractivity contribution in [2.45, 2.75) is 303 Å². The third kappa shape index (κ3) is 39.2. The molecule has 0 saturated carbocycles. The van der Waals surface area contributed by atoms with Gasteiger partial charge in [0.1, 0.15) is 0 Å². The molecule has 2 heteroatoms. The van der Waals surface area contributed by atoms with Crippen LogP contribution in [0.3, 0.4) is 0 Å². The van der Waals surface area contributed by atoms with Gasteiger partial charge in [0.25, 0.3) is 0 Å². The molecule has 0 aromatic carbocycles. The molecule has 0 bridgehead atoms. The Morgan fingerprint density at radius 2 is 0.462 bits per heavy atom. The number of rotatable bonds is 46. The lowest BCUT2D eigenvalue weighted by Gasteiger charge is -2.24. The molecule has 0 radical (unpaired) electrons. The molecule has 0 spiro atoms. The molecule has 0 amide bonds. The van der Waals surface area contributed by atoms with Gasteiger partial charge in [-0.25, -0.2) is 0 Å². The Bertz CT molecular complexity index is 659. The zero-order valence-corrected chi connectivity index (χ0v) is 36.6. The Hall–Kier alpha value is -0.530. The third-order valence-corrected chi connectivity index (χ3v) is 12.4. The number of unbranched alkanes of at least 4 members (excludes halogenated alkanes) is 38. The van der Waals surface area contributed by atoms with Gasteiger partial charge in [0.15, 0.2) is 0 Å². The van der Waals surface area contributed by atoms with E-state index in [-0.39, 0.29) is 5.92 Å². The summed E-state index contributed by atoms with van der Waals surface area (Å²) in [5.74, 6) is -0.222. The van der Waals surface area contributed by atoms with Gasteiger partial charge in [-0.3, -0.25) is 4.79 Å². The summed E-state index contributed by atoms with van der Waals surface area (Å²) in [6.45, 7) is 6.89. The van der Waals surface area contributed by atoms with Crippen molar-refractivity contribution in [1.82, 2.24) is 0 Å². The molecule has 52 heavy (non-hydrogen) atoms. The smallest absolute Gasteiger partial charge is 0.306 e. The summed E-state index contributed by atoms with van der Waals surface area (Å²) in [5, 5.41) is 10.4. The van der Waals surface area contributed by atoms with E-state index >= 15 is 0 Å². The molecule has 2 unspecified atom stereocenters. The van der Waals surface area contributed by atoms with E-state index in [1.807, 2.05) is 0 Å². The predicted octanol–water partition coefficient (Wildman–Crippen LogP) is 18.5. The lowest BCUT2D eigenvalue weighted by molar-refractivity contribution is -0.144. The van der Waals surface area contributed by atoms with Crippen molar-refractivity contribution in [3.05, 3.63) is 0 Å². The fourth-order valence-corrected chi connectivity index (χ4v) is 8.69. The van der Waals surface area contributed by atoms with Gasteiger partial charge >= 0.3 is 5.97 Å². The van der Waals surface area contributed by atoms with Gasteiger partial charge in [0.2, 0.25) is 0 Å². The lowest BCUT2D eigenvalue weighted by Crippen LogP contribution is -2.24. The summed E-state index contributed by atoms with van der Waals surface area (Å²) >= 11 is 0. The first kappa shape index (κ1) is 51.5. The van der Waals surface area contributed by atoms with Gasteiger partial charge in [0.05, 0.1) is 5.92 Å². The minimum Gasteiger partial charge on any atom is -0.481 e. The molecule has 0 aliphatic rings. The molecule has 0 fully saturated rings. The van der Waals surface area contributed by atoms with Crippen LogP contribution in [-0.4, -0.2) is 11.1 Å². The van der Waals surface area contributed by atoms with Gasteiger partial charge < -0.3 is 5.11 Å². The van der Waals surface area contributed by atoms with Gasteiger partial charge in [-0.1, -0.05) is 284 Å². The van der Waals surface area contributed by atoms with Crippen LogP contribution in [0.1, 0.15) is 303 Å². The molecule has 1 N–H and O–H groups in total. The quantitative estimate of drug-likeness (QED) is 0.0633. The predicted molar refractivity (Wildman–Crippen MR) is 235 cm³/mol. The summed E-state index contributed by atoms with van der Waals surface area (Å²) in [6.07, 6.45) is 59.7. The first-order valence-corrected chi connectivity index (χ1v) is 24.9. The molecule has 0 saturated heterocycles. The maximum Gasteiger partial charge on any atom is 0.306 e. The van der Waals surface area contributed by atoms with Crippen LogP contribution in [0, 0.1) is 11.8 Å². The number of carboxylic acids is 1. The summed E-state index contributed by atoms with van der Waals surface area (Å²) in [5.41, 5.74) is 0. The molecule has 0 aromatic heterocycles. The van der Waals surface area contributed by atoms with E-state index in [4.69, 9.17) is 0 Å². The molecule has 0 rings (SSSR count). The standard InChI is InChI=1S/C50H100O2/c1-4-7-10-13-16-19-22-25-27-29-31-34-37-40-43-46-48(45-42-39-36-33-30-28-26-23-20-17-14-11-8-5-2)49(50(51)52)47-44-41-38-35-32-24-21-18-15-12-9-6-3/h48-49H,4-47H2,1-3H3,(H,51,52). The highest BCUT2D eigenvalue weighted by Crippen LogP contribution is 2.30. The van der Waals surface area contributed by atoms with Crippen LogP contribution in [0.15, 0.2) is 0 Å². The Morgan fingerprint density at radius 1 is 0.288 bits per heavy atom. The summed E-state index contributed by atoms with van der Waals surface area (Å²) in [4.78, 5) is 12.6. The van der Waals surface area contributed by atoms with Crippen LogP contribution in [0.25, 0.3) is 0 Å². The van der Waals surface area contributed by atoms with Crippen LogP contribution in [0.2, 0.25) is 0 Å². The zero-order chi connectivity index (χ0) is 37.8. The molecular formula is C50H100O2. The van der Waals surface area contributed by atoms with Crippen molar-refractivity contribution < 1.29 is 9.90 Å². The Kier molecular flexibility index (Phi) is 44.4. The average Bonchev–Trinajstić information content (AvgIpc) is 3.14. The maximum absolute atomic E-state index is 12.6. The third-order valence-electron chi connectivity index (χ3n) is 12.4. The number of carbonyl (C=O) groups is 1. The molecule has 0 aromatic rings. The molecule has 2 atom stereocenters. The Labute approximate surface area is 330 Å². The fourth-order valence-electron chi connectivity index (χ4n) is 8.69. The van der Waals surface area contributed by atoms with Gasteiger partial charge in [-0.2, -0.15) is 0 Å². The second-order valence-electron chi connectivity index (χ2n) is 17.5. The molecule has 0 heterocycles. The van der Waals surface area contributed by atoms with Crippen molar-refractivity contribution >= 4 is 5.97 Å². The summed E-state index contributed by atoms with van der Waals surface area (Å²) < 4.78 is 0. The van der Waals surface area contributed by atoms with E-state index in [0.717, 1.165) is 25.7 Å². The van der Waals surface area contributed by atoms with Gasteiger partial charge in [-0.05, 0) is 25.2 Å². The topological polar surface area (TPSA) is 37.3 Å². The van der Waals surface area contributed by atoms with Crippen LogP contribution >= 0.6 is 0 Å². The van der Waals surface area contributed by atoms with Gasteiger partial charge in [-0.15, -0.1) is 0 Å². The molecular weight excluding hydrogens is 633 g/mol. The van der Waals surface area contributed by atoms with E-state index < -0.39 is 5.97 Å². The van der Waals surface area contributed by atoms with Crippen LogP contribution in [-0.2, 0) is 4.79 Å². The van der Waals surface area contributed by atoms with E-state index in [1.54, 1.807) is 0 Å². The Balaban J connectivity index is 4.31. The highest BCUT2D eigenvalue weighted by atomic mass is 16.4. The molecule has 0 aliphatic carbocycles. The number of hydrogen-bond donors (Lipinski definition) is 1. The SMILES string of the molecule is CCCCCCCCCCCCCCCCCC(CCCCCCCCCCCCCCCC)C(CCCCCCCCCCCCCC)C(=O)O. The summed E-state index contributed by atoms with van der Waals surface area (Å²) in [6, 6.07) is 0. The van der Waals surface area contributed by atoms with Crippen LogP contribution in [0.4, 0.5) is 0 Å². The Morgan fingerprint density at radius 3 is 0.654 bits per heavy atom. The van der Waals surface area contributed by atoms with Crippen LogP contribution in [0.5, 0.6) is 0 Å². The molecule has 312 valence electrons. The molecule has 0 aliphatic heterocycles. The number of carboxylic acid groups (broad SMARTS) is 1. The normalized spacial score (nSPS) is 12.8. The minimum atomic E-state index is -0.501. The fraction of sp³-hybridized carbons (Fsp3) is 0.980. The van der Waals surface area contributed by atoms with Crippen LogP contribution < -0.4 is 0 Å². The van der Waals surface area contributed by atoms with Crippen molar-refractivity contribution in [2.75, 3.05) is 0 Å². The van der Waals surface area contributed by atoms with Gasteiger partial charge in [0, 0.05) is 0 Å². The van der Waals surface area contributed by atoms with Crippen molar-refractivity contribution in [2.24, 2.45) is 11.8 Å². The minimum absolute atomic E-state index is 0.114. The first-order chi connectivity index (χ1) is 25.7. The lowest BCUT2D eigenvalue weighted by atomic mass is 9.80. The second-order valence-corrected chi connectivity index (χ2v) is 17.5. The van der Waals surface area contributed by atoms with Crippen molar-refractivity contribution in [3.63, 3.8) is 0 Å². The number of hydrogen-bond acceptors (Lipinski definition) is 1. The van der Waals surface area contributed by atoms with E-state index in [2.05, 4.69) is 20.8 Å². The highest BCUT2D eigenvalue weighted by Gasteiger charge is 2.27. The maximum atomic E-state index is 12.6. The molecule has 2 nitrogen and oxygen atoms in total. The zero-order valence-electron chi connectivity index (χ0n) is 36.6. The van der Waals surface area contributed by atoms with Crippen molar-refractivity contribution in [3.8, 4) is 0 Å². The monoisotopic (exact) mass is 733 g/mol. The number of aliphatic carboxylic acids is 1. The van der Waals surface area contributed by atoms with E-state index in [1.165, 1.54) is 257 Å². The average molecular weight is 733 g/mol. The summed E-state index contributed by atoms with van der Waals surface area (Å²) in [7, 11) is 0. The van der Waals surface area contributed by atoms with E-state index in [0.29, 0.717) is 5.92 Å². The highest BCUT2D eigenvalue weighted by molar-refractivity contribution is 5.70. The largest absolute Gasteiger partial charge is 0.481 e. The van der Waals surface area contributed by atoms with Crippen molar-refractivity contribution in [1.29, 1.82) is 0 Å².